The van der Waals surface area contributed by atoms with E-state index in [-0.39, 0.29) is 6.10 Å². The monoisotopic (exact) mass is 348 g/mol. The van der Waals surface area contributed by atoms with Crippen LogP contribution in [0.3, 0.4) is 0 Å². The highest BCUT2D eigenvalue weighted by Crippen LogP contribution is 2.38. The zero-order chi connectivity index (χ0) is 15.2. The second-order valence-electron chi connectivity index (χ2n) is 4.85. The van der Waals surface area contributed by atoms with Crippen molar-refractivity contribution >= 4 is 22.2 Å². The predicted octanol–water partition coefficient (Wildman–Crippen LogP) is 4.63. The molecule has 0 saturated heterocycles. The molecule has 21 heavy (non-hydrogen) atoms. The van der Waals surface area contributed by atoms with E-state index in [0.29, 0.717) is 28.1 Å². The van der Waals surface area contributed by atoms with Crippen LogP contribution in [0.2, 0.25) is 0 Å². The lowest BCUT2D eigenvalue weighted by Gasteiger charge is -2.17. The van der Waals surface area contributed by atoms with E-state index in [4.69, 9.17) is 9.47 Å². The fraction of sp³-hybridized carbons (Fsp3) is 0.235. The van der Waals surface area contributed by atoms with Crippen molar-refractivity contribution in [3.8, 4) is 11.5 Å². The van der Waals surface area contributed by atoms with Gasteiger partial charge in [-0.1, -0.05) is 30.3 Å². The Bertz CT molecular complexity index is 609. The number of benzene rings is 2. The van der Waals surface area contributed by atoms with Gasteiger partial charge >= 0.3 is 0 Å². The van der Waals surface area contributed by atoms with E-state index in [2.05, 4.69) is 15.9 Å². The van der Waals surface area contributed by atoms with Gasteiger partial charge in [0, 0.05) is 5.56 Å². The minimum absolute atomic E-state index is 0.0118. The number of hydrogen-bond acceptors (Lipinski definition) is 3. The lowest BCUT2D eigenvalue weighted by atomic mass is 10.2. The normalized spacial score (nSPS) is 10.5. The summed E-state index contributed by atoms with van der Waals surface area (Å²) in [5, 5.41) is 0. The minimum atomic E-state index is -0.0118. The smallest absolute Gasteiger partial charge is 0.176 e. The first kappa shape index (κ1) is 15.6. The Labute approximate surface area is 133 Å². The molecule has 0 fully saturated rings. The molecule has 0 atom stereocenters. The largest absolute Gasteiger partial charge is 0.486 e. The molecule has 0 bridgehead atoms. The molecule has 0 unspecified atom stereocenters. The predicted molar refractivity (Wildman–Crippen MR) is 86.1 cm³/mol. The van der Waals surface area contributed by atoms with Crippen molar-refractivity contribution in [2.75, 3.05) is 0 Å². The molecule has 0 heterocycles. The van der Waals surface area contributed by atoms with Crippen molar-refractivity contribution < 1.29 is 14.3 Å². The number of carbonyl (C=O) groups is 1. The lowest BCUT2D eigenvalue weighted by molar-refractivity contribution is 0.112. The third-order valence-electron chi connectivity index (χ3n) is 2.81. The number of hydrogen-bond donors (Lipinski definition) is 0. The molecular formula is C17H17BrO3. The van der Waals surface area contributed by atoms with Gasteiger partial charge in [0.1, 0.15) is 6.61 Å². The summed E-state index contributed by atoms with van der Waals surface area (Å²) in [6.45, 7) is 4.31. The highest BCUT2D eigenvalue weighted by Gasteiger charge is 2.15. The third kappa shape index (κ3) is 4.08. The van der Waals surface area contributed by atoms with Crippen molar-refractivity contribution in [3.63, 3.8) is 0 Å². The highest BCUT2D eigenvalue weighted by atomic mass is 79.9. The Kier molecular flexibility index (Phi) is 5.39. The maximum Gasteiger partial charge on any atom is 0.176 e. The maximum atomic E-state index is 11.0. The van der Waals surface area contributed by atoms with E-state index in [9.17, 15) is 4.79 Å². The first-order valence-electron chi connectivity index (χ1n) is 6.73. The van der Waals surface area contributed by atoms with Gasteiger partial charge in [0.2, 0.25) is 0 Å². The van der Waals surface area contributed by atoms with Crippen LogP contribution < -0.4 is 9.47 Å². The first-order chi connectivity index (χ1) is 10.1. The molecule has 3 nitrogen and oxygen atoms in total. The van der Waals surface area contributed by atoms with E-state index in [0.717, 1.165) is 11.8 Å². The molecule has 0 aliphatic rings. The van der Waals surface area contributed by atoms with Gasteiger partial charge < -0.3 is 9.47 Å². The Hall–Kier alpha value is -1.81. The number of halogens is 1. The van der Waals surface area contributed by atoms with Crippen molar-refractivity contribution in [2.24, 2.45) is 0 Å². The van der Waals surface area contributed by atoms with Crippen LogP contribution in [0.5, 0.6) is 11.5 Å². The maximum absolute atomic E-state index is 11.0. The molecule has 4 heteroatoms. The molecular weight excluding hydrogens is 332 g/mol. The van der Waals surface area contributed by atoms with E-state index in [1.165, 1.54) is 0 Å². The molecule has 0 aromatic heterocycles. The summed E-state index contributed by atoms with van der Waals surface area (Å²) in [6.07, 6.45) is 0.778. The van der Waals surface area contributed by atoms with Gasteiger partial charge in [-0.3, -0.25) is 4.79 Å². The van der Waals surface area contributed by atoms with Gasteiger partial charge in [-0.2, -0.15) is 0 Å². The Morgan fingerprint density at radius 1 is 1.14 bits per heavy atom. The Morgan fingerprint density at radius 3 is 2.48 bits per heavy atom. The van der Waals surface area contributed by atoms with Crippen molar-refractivity contribution in [2.45, 2.75) is 26.6 Å². The summed E-state index contributed by atoms with van der Waals surface area (Å²) in [7, 11) is 0. The quantitative estimate of drug-likeness (QED) is 0.714. The van der Waals surface area contributed by atoms with Gasteiger partial charge in [0.05, 0.1) is 10.6 Å². The summed E-state index contributed by atoms with van der Waals surface area (Å²) < 4.78 is 12.2. The first-order valence-corrected chi connectivity index (χ1v) is 7.52. The van der Waals surface area contributed by atoms with Crippen molar-refractivity contribution in [3.05, 3.63) is 58.1 Å². The average molecular weight is 349 g/mol. The number of aldehydes is 1. The van der Waals surface area contributed by atoms with Crippen molar-refractivity contribution in [1.29, 1.82) is 0 Å². The van der Waals surface area contributed by atoms with Crippen LogP contribution in [0.15, 0.2) is 46.9 Å². The van der Waals surface area contributed by atoms with Crippen LogP contribution in [-0.2, 0) is 6.61 Å². The molecule has 0 aliphatic carbocycles. The molecule has 110 valence electrons. The lowest BCUT2D eigenvalue weighted by Crippen LogP contribution is -2.09. The summed E-state index contributed by atoms with van der Waals surface area (Å²) in [5.74, 6) is 1.18. The number of rotatable bonds is 6. The van der Waals surface area contributed by atoms with Crippen LogP contribution in [0.1, 0.15) is 29.8 Å². The fourth-order valence-electron chi connectivity index (χ4n) is 1.84. The Morgan fingerprint density at radius 2 is 1.86 bits per heavy atom. The summed E-state index contributed by atoms with van der Waals surface area (Å²) in [5.41, 5.74) is 1.61. The topological polar surface area (TPSA) is 35.5 Å². The molecule has 0 radical (unpaired) electrons. The zero-order valence-corrected chi connectivity index (χ0v) is 13.6. The van der Waals surface area contributed by atoms with Gasteiger partial charge in [-0.25, -0.2) is 0 Å². The van der Waals surface area contributed by atoms with Crippen LogP contribution in [-0.4, -0.2) is 12.4 Å². The molecule has 0 saturated carbocycles. The summed E-state index contributed by atoms with van der Waals surface area (Å²) in [4.78, 5) is 11.0. The number of ether oxygens (including phenoxy) is 2. The van der Waals surface area contributed by atoms with E-state index in [1.807, 2.05) is 44.2 Å². The van der Waals surface area contributed by atoms with Crippen LogP contribution >= 0.6 is 15.9 Å². The molecule has 0 amide bonds. The second-order valence-corrected chi connectivity index (χ2v) is 5.65. The third-order valence-corrected chi connectivity index (χ3v) is 3.63. The summed E-state index contributed by atoms with van der Waals surface area (Å²) >= 11 is 3.41. The standard InChI is InChI=1S/C17H17BrO3/c1-12(2)21-17-15(9-8-14(10-19)16(17)18)20-11-13-6-4-3-5-7-13/h3-10,12H,11H2,1-2H3. The zero-order valence-electron chi connectivity index (χ0n) is 12.0. The minimum Gasteiger partial charge on any atom is -0.486 e. The molecule has 0 N–H and O–H groups in total. The molecule has 2 aromatic rings. The van der Waals surface area contributed by atoms with E-state index >= 15 is 0 Å². The molecule has 0 spiro atoms. The molecule has 2 rings (SSSR count). The summed E-state index contributed by atoms with van der Waals surface area (Å²) in [6, 6.07) is 13.4. The van der Waals surface area contributed by atoms with Crippen molar-refractivity contribution in [1.82, 2.24) is 0 Å². The Balaban J connectivity index is 2.25. The van der Waals surface area contributed by atoms with Gasteiger partial charge in [-0.15, -0.1) is 0 Å². The number of carbonyl (C=O) groups excluding carboxylic acids is 1. The van der Waals surface area contributed by atoms with E-state index in [1.54, 1.807) is 12.1 Å². The van der Waals surface area contributed by atoms with Gasteiger partial charge in [0.15, 0.2) is 17.8 Å². The molecule has 0 aliphatic heterocycles. The van der Waals surface area contributed by atoms with Crippen LogP contribution in [0.4, 0.5) is 0 Å². The van der Waals surface area contributed by atoms with Gasteiger partial charge in [0.25, 0.3) is 0 Å². The van der Waals surface area contributed by atoms with Crippen LogP contribution in [0.25, 0.3) is 0 Å². The highest BCUT2D eigenvalue weighted by molar-refractivity contribution is 9.10. The average Bonchev–Trinajstić information content (AvgIpc) is 2.48. The second kappa shape index (κ2) is 7.27. The molecule has 2 aromatic carbocycles. The van der Waals surface area contributed by atoms with E-state index < -0.39 is 0 Å². The van der Waals surface area contributed by atoms with Crippen LogP contribution in [0, 0.1) is 0 Å². The SMILES string of the molecule is CC(C)Oc1c(OCc2ccccc2)ccc(C=O)c1Br. The fourth-order valence-corrected chi connectivity index (χ4v) is 2.35. The van der Waals surface area contributed by atoms with Gasteiger partial charge in [-0.05, 0) is 47.5 Å².